The maximum atomic E-state index is 12.9. The Morgan fingerprint density at radius 2 is 2.00 bits per heavy atom. The maximum Gasteiger partial charge on any atom is 0.416 e. The number of morpholine rings is 1. The number of nitrogens with zero attached hydrogens (tertiary/aromatic N) is 2. The van der Waals surface area contributed by atoms with Gasteiger partial charge in [-0.05, 0) is 26.0 Å². The van der Waals surface area contributed by atoms with E-state index in [0.29, 0.717) is 30.3 Å². The quantitative estimate of drug-likeness (QED) is 0.813. The van der Waals surface area contributed by atoms with Crippen LogP contribution >= 0.6 is 11.3 Å². The molecule has 0 unspecified atom stereocenters. The molecule has 0 spiro atoms. The van der Waals surface area contributed by atoms with Crippen molar-refractivity contribution in [2.24, 2.45) is 0 Å². The minimum Gasteiger partial charge on any atom is -0.379 e. The number of hydrogen-bond acceptors (Lipinski definition) is 5. The molecule has 5 nitrogen and oxygen atoms in total. The number of ether oxygens (including phenoxy) is 1. The van der Waals surface area contributed by atoms with Gasteiger partial charge in [0.25, 0.3) is 5.91 Å². The van der Waals surface area contributed by atoms with Crippen molar-refractivity contribution in [2.45, 2.75) is 25.6 Å². The number of rotatable bonds is 5. The molecule has 1 amide bonds. The molecule has 1 aromatic carbocycles. The zero-order valence-electron chi connectivity index (χ0n) is 15.7. The van der Waals surface area contributed by atoms with Gasteiger partial charge >= 0.3 is 6.18 Å². The zero-order chi connectivity index (χ0) is 20.4. The molecule has 2 aromatic rings. The molecule has 9 heteroatoms. The number of halogens is 3. The van der Waals surface area contributed by atoms with E-state index in [1.807, 2.05) is 13.8 Å². The summed E-state index contributed by atoms with van der Waals surface area (Å²) >= 11 is 1.15. The molecule has 1 N–H and O–H groups in total. The minimum absolute atomic E-state index is 0.204. The topological polar surface area (TPSA) is 54.5 Å². The number of alkyl halides is 3. The van der Waals surface area contributed by atoms with Gasteiger partial charge in [0, 0.05) is 36.1 Å². The molecule has 0 aliphatic carbocycles. The number of benzene rings is 1. The van der Waals surface area contributed by atoms with Crippen LogP contribution in [-0.4, -0.2) is 54.2 Å². The molecule has 0 radical (unpaired) electrons. The highest BCUT2D eigenvalue weighted by molar-refractivity contribution is 7.13. The van der Waals surface area contributed by atoms with Crippen molar-refractivity contribution in [2.75, 3.05) is 32.8 Å². The van der Waals surface area contributed by atoms with Gasteiger partial charge in [-0.1, -0.05) is 12.1 Å². The summed E-state index contributed by atoms with van der Waals surface area (Å²) in [6, 6.07) is 4.95. The summed E-state index contributed by atoms with van der Waals surface area (Å²) in [6.45, 7) is 7.48. The van der Waals surface area contributed by atoms with Crippen LogP contribution in [0.15, 0.2) is 29.6 Å². The molecule has 0 bridgehead atoms. The van der Waals surface area contributed by atoms with E-state index in [-0.39, 0.29) is 17.1 Å². The normalized spacial score (nSPS) is 16.2. The fourth-order valence-electron chi connectivity index (χ4n) is 3.01. The van der Waals surface area contributed by atoms with Gasteiger partial charge < -0.3 is 10.1 Å². The number of amides is 1. The van der Waals surface area contributed by atoms with E-state index in [1.165, 1.54) is 6.07 Å². The highest BCUT2D eigenvalue weighted by Gasteiger charge is 2.31. The predicted octanol–water partition coefficient (Wildman–Crippen LogP) is 3.67. The monoisotopic (exact) mass is 413 g/mol. The molecule has 1 aromatic heterocycles. The number of hydrogen-bond donors (Lipinski definition) is 1. The van der Waals surface area contributed by atoms with Gasteiger partial charge in [-0.25, -0.2) is 4.98 Å². The Balaban J connectivity index is 1.66. The predicted molar refractivity (Wildman–Crippen MR) is 101 cm³/mol. The summed E-state index contributed by atoms with van der Waals surface area (Å²) in [4.78, 5) is 18.9. The van der Waals surface area contributed by atoms with Crippen molar-refractivity contribution in [3.63, 3.8) is 0 Å². The summed E-state index contributed by atoms with van der Waals surface area (Å²) in [6.07, 6.45) is -4.42. The van der Waals surface area contributed by atoms with E-state index >= 15 is 0 Å². The lowest BCUT2D eigenvalue weighted by molar-refractivity contribution is -0.137. The average molecular weight is 413 g/mol. The van der Waals surface area contributed by atoms with Gasteiger partial charge in [-0.3, -0.25) is 9.69 Å². The van der Waals surface area contributed by atoms with Crippen molar-refractivity contribution in [3.05, 3.63) is 40.9 Å². The third-order valence-electron chi connectivity index (χ3n) is 4.72. The molecule has 2 heterocycles. The fraction of sp³-hybridized carbons (Fsp3) is 0.474. The third kappa shape index (κ3) is 4.89. The van der Waals surface area contributed by atoms with Gasteiger partial charge in [0.05, 0.1) is 18.8 Å². The maximum absolute atomic E-state index is 12.9. The zero-order valence-corrected chi connectivity index (χ0v) is 16.5. The lowest BCUT2D eigenvalue weighted by atomic mass is 10.0. The highest BCUT2D eigenvalue weighted by Crippen LogP contribution is 2.33. The smallest absolute Gasteiger partial charge is 0.379 e. The molecule has 1 aliphatic rings. The molecule has 28 heavy (non-hydrogen) atoms. The van der Waals surface area contributed by atoms with Crippen molar-refractivity contribution in [3.8, 4) is 10.6 Å². The average Bonchev–Trinajstić information content (AvgIpc) is 3.17. The van der Waals surface area contributed by atoms with E-state index in [2.05, 4.69) is 15.2 Å². The van der Waals surface area contributed by atoms with Gasteiger partial charge in [0.15, 0.2) is 0 Å². The Kier molecular flexibility index (Phi) is 6.07. The van der Waals surface area contributed by atoms with Crippen LogP contribution in [0, 0.1) is 0 Å². The molecule has 3 rings (SSSR count). The lowest BCUT2D eigenvalue weighted by Crippen LogP contribution is -2.55. The van der Waals surface area contributed by atoms with Crippen molar-refractivity contribution in [1.29, 1.82) is 0 Å². The van der Waals surface area contributed by atoms with Crippen LogP contribution in [0.5, 0.6) is 0 Å². The minimum atomic E-state index is -4.42. The number of carbonyl (C=O) groups excluding carboxylic acids is 1. The summed E-state index contributed by atoms with van der Waals surface area (Å²) in [5, 5.41) is 4.82. The number of thiazole rings is 1. The first-order valence-corrected chi connectivity index (χ1v) is 9.79. The molecule has 1 fully saturated rings. The van der Waals surface area contributed by atoms with E-state index in [0.717, 1.165) is 36.6 Å². The molecule has 0 saturated carbocycles. The van der Waals surface area contributed by atoms with Gasteiger partial charge in [-0.2, -0.15) is 13.2 Å². The Hall–Kier alpha value is -1.97. The van der Waals surface area contributed by atoms with Crippen LogP contribution in [0.4, 0.5) is 13.2 Å². The van der Waals surface area contributed by atoms with Crippen LogP contribution in [0.1, 0.15) is 29.9 Å². The SMILES string of the molecule is CC(C)(CNC(=O)c1csc(-c2cccc(C(F)(F)F)c2)n1)N1CCOCC1. The van der Waals surface area contributed by atoms with Crippen molar-refractivity contribution in [1.82, 2.24) is 15.2 Å². The van der Waals surface area contributed by atoms with Crippen LogP contribution in [0.25, 0.3) is 10.6 Å². The fourth-order valence-corrected chi connectivity index (χ4v) is 3.80. The van der Waals surface area contributed by atoms with E-state index in [1.54, 1.807) is 11.4 Å². The Morgan fingerprint density at radius 3 is 2.68 bits per heavy atom. The van der Waals surface area contributed by atoms with Crippen molar-refractivity contribution >= 4 is 17.2 Å². The van der Waals surface area contributed by atoms with Crippen LogP contribution in [-0.2, 0) is 10.9 Å². The molecule has 1 saturated heterocycles. The Labute approximate surface area is 165 Å². The second-order valence-electron chi connectivity index (χ2n) is 7.21. The third-order valence-corrected chi connectivity index (χ3v) is 5.61. The molecule has 1 aliphatic heterocycles. The van der Waals surface area contributed by atoms with E-state index in [4.69, 9.17) is 4.74 Å². The Bertz CT molecular complexity index is 830. The first-order valence-electron chi connectivity index (χ1n) is 8.91. The van der Waals surface area contributed by atoms with Crippen LogP contribution in [0.2, 0.25) is 0 Å². The van der Waals surface area contributed by atoms with Gasteiger partial charge in [0.1, 0.15) is 10.7 Å². The van der Waals surface area contributed by atoms with Crippen LogP contribution in [0.3, 0.4) is 0 Å². The van der Waals surface area contributed by atoms with E-state index < -0.39 is 11.7 Å². The lowest BCUT2D eigenvalue weighted by Gasteiger charge is -2.40. The van der Waals surface area contributed by atoms with Gasteiger partial charge in [-0.15, -0.1) is 11.3 Å². The number of nitrogens with one attached hydrogen (secondary N) is 1. The molecule has 0 atom stereocenters. The summed E-state index contributed by atoms with van der Waals surface area (Å²) in [5.41, 5.74) is -0.430. The first-order chi connectivity index (χ1) is 13.2. The summed E-state index contributed by atoms with van der Waals surface area (Å²) in [7, 11) is 0. The van der Waals surface area contributed by atoms with Gasteiger partial charge in [0.2, 0.25) is 0 Å². The molecular weight excluding hydrogens is 391 g/mol. The number of carbonyl (C=O) groups is 1. The van der Waals surface area contributed by atoms with Crippen LogP contribution < -0.4 is 5.32 Å². The molecule has 152 valence electrons. The standard InChI is InChI=1S/C19H22F3N3O2S/c1-18(2,25-6-8-27-9-7-25)12-23-16(26)15-11-28-17(24-15)13-4-3-5-14(10-13)19(20,21)22/h3-5,10-11H,6-9,12H2,1-2H3,(H,23,26). The Morgan fingerprint density at radius 1 is 1.29 bits per heavy atom. The second-order valence-corrected chi connectivity index (χ2v) is 8.07. The van der Waals surface area contributed by atoms with Crippen molar-refractivity contribution < 1.29 is 22.7 Å². The second kappa shape index (κ2) is 8.18. The summed E-state index contributed by atoms with van der Waals surface area (Å²) < 4.78 is 44.0. The first kappa shape index (κ1) is 20.8. The summed E-state index contributed by atoms with van der Waals surface area (Å²) in [5.74, 6) is -0.337. The number of aromatic nitrogens is 1. The largest absolute Gasteiger partial charge is 0.416 e. The highest BCUT2D eigenvalue weighted by atomic mass is 32.1. The molecular formula is C19H22F3N3O2S. The van der Waals surface area contributed by atoms with E-state index in [9.17, 15) is 18.0 Å².